The second kappa shape index (κ2) is 6.28. The summed E-state index contributed by atoms with van der Waals surface area (Å²) in [6, 6.07) is 3.22. The summed E-state index contributed by atoms with van der Waals surface area (Å²) in [4.78, 5) is 49.9. The number of hydrogen-bond donors (Lipinski definition) is 0. The first-order chi connectivity index (χ1) is 12.3. The van der Waals surface area contributed by atoms with Gasteiger partial charge >= 0.3 is 12.1 Å². The lowest BCUT2D eigenvalue weighted by atomic mass is 9.96. The third kappa shape index (κ3) is 2.45. The summed E-state index contributed by atoms with van der Waals surface area (Å²) in [6.45, 7) is 1.33. The summed E-state index contributed by atoms with van der Waals surface area (Å²) in [7, 11) is 2.38. The molecule has 10 heteroatoms. The van der Waals surface area contributed by atoms with E-state index in [4.69, 9.17) is 9.47 Å². The van der Waals surface area contributed by atoms with Crippen molar-refractivity contribution in [1.29, 1.82) is 0 Å². The molecule has 1 aromatic rings. The Morgan fingerprint density at radius 1 is 1.23 bits per heavy atom. The second-order valence-corrected chi connectivity index (χ2v) is 6.06. The fourth-order valence-corrected chi connectivity index (χ4v) is 3.80. The fraction of sp³-hybridized carbons (Fsp3) is 0.438. The zero-order valence-corrected chi connectivity index (χ0v) is 14.4. The summed E-state index contributed by atoms with van der Waals surface area (Å²) < 4.78 is 9.56. The SMILES string of the molecule is COC(=O)C1C[C@H]2c3cc([N+](=O)[O-])ccc3N(C(C)=O)[C@H]2N1C(=O)OC. The molecular formula is C16H17N3O7. The number of nitrogens with zero attached hydrogens (tertiary/aromatic N) is 3. The number of rotatable bonds is 2. The first-order valence-corrected chi connectivity index (χ1v) is 7.84. The van der Waals surface area contributed by atoms with Gasteiger partial charge in [-0.3, -0.25) is 24.7 Å². The molecule has 0 N–H and O–H groups in total. The van der Waals surface area contributed by atoms with Crippen molar-refractivity contribution < 1.29 is 28.8 Å². The lowest BCUT2D eigenvalue weighted by Crippen LogP contribution is -2.53. The minimum Gasteiger partial charge on any atom is -0.467 e. The second-order valence-electron chi connectivity index (χ2n) is 6.06. The van der Waals surface area contributed by atoms with Crippen LogP contribution in [-0.4, -0.2) is 54.2 Å². The molecule has 3 rings (SSSR count). The Bertz CT molecular complexity index is 809. The van der Waals surface area contributed by atoms with Crippen LogP contribution >= 0.6 is 0 Å². The number of non-ortho nitro benzene ring substituents is 1. The average Bonchev–Trinajstić information content (AvgIpc) is 3.14. The van der Waals surface area contributed by atoms with Crippen LogP contribution in [-0.2, 0) is 19.1 Å². The Hall–Kier alpha value is -3.17. The van der Waals surface area contributed by atoms with Gasteiger partial charge in [-0.15, -0.1) is 0 Å². The van der Waals surface area contributed by atoms with Crippen LogP contribution in [0.3, 0.4) is 0 Å². The molecule has 1 aromatic carbocycles. The smallest absolute Gasteiger partial charge is 0.411 e. The number of nitro benzene ring substituents is 1. The van der Waals surface area contributed by atoms with Crippen molar-refractivity contribution >= 4 is 29.3 Å². The van der Waals surface area contributed by atoms with Gasteiger partial charge in [0.15, 0.2) is 0 Å². The van der Waals surface area contributed by atoms with Gasteiger partial charge < -0.3 is 9.47 Å². The number of carbonyl (C=O) groups is 3. The molecule has 0 saturated carbocycles. The van der Waals surface area contributed by atoms with Gasteiger partial charge in [0.1, 0.15) is 12.2 Å². The van der Waals surface area contributed by atoms with E-state index in [2.05, 4.69) is 0 Å². The molecule has 0 spiro atoms. The van der Waals surface area contributed by atoms with Gasteiger partial charge in [0.05, 0.1) is 19.1 Å². The predicted octanol–water partition coefficient (Wildman–Crippen LogP) is 1.38. The van der Waals surface area contributed by atoms with Crippen LogP contribution in [0.5, 0.6) is 0 Å². The first-order valence-electron chi connectivity index (χ1n) is 7.84. The van der Waals surface area contributed by atoms with Crippen LogP contribution in [0.4, 0.5) is 16.2 Å². The van der Waals surface area contributed by atoms with E-state index < -0.39 is 35.1 Å². The average molecular weight is 363 g/mol. The van der Waals surface area contributed by atoms with Crippen LogP contribution in [0.1, 0.15) is 24.8 Å². The fourth-order valence-electron chi connectivity index (χ4n) is 3.80. The third-order valence-corrected chi connectivity index (χ3v) is 4.80. The number of ether oxygens (including phenoxy) is 2. The van der Waals surface area contributed by atoms with E-state index in [-0.39, 0.29) is 18.0 Å². The highest BCUT2D eigenvalue weighted by Gasteiger charge is 2.56. The van der Waals surface area contributed by atoms with Crippen LogP contribution in [0.2, 0.25) is 0 Å². The topological polar surface area (TPSA) is 119 Å². The molecule has 0 bridgehead atoms. The predicted molar refractivity (Wildman–Crippen MR) is 87.5 cm³/mol. The third-order valence-electron chi connectivity index (χ3n) is 4.80. The van der Waals surface area contributed by atoms with Crippen molar-refractivity contribution in [2.45, 2.75) is 31.5 Å². The normalized spacial score (nSPS) is 23.3. The Balaban J connectivity index is 2.14. The quantitative estimate of drug-likeness (QED) is 0.442. The standard InChI is InChI=1S/C16H17N3O7/c1-8(20)17-12-5-4-9(19(23)24)6-10(12)11-7-13(15(21)25-2)18(14(11)17)16(22)26-3/h4-6,11,13-14H,7H2,1-3H3/t11-,13?,14-/m0/s1. The van der Waals surface area contributed by atoms with Crippen molar-refractivity contribution in [3.63, 3.8) is 0 Å². The monoisotopic (exact) mass is 363 g/mol. The zero-order valence-electron chi connectivity index (χ0n) is 14.4. The van der Waals surface area contributed by atoms with Gasteiger partial charge in [-0.25, -0.2) is 9.59 Å². The minimum atomic E-state index is -0.947. The van der Waals surface area contributed by atoms with E-state index in [1.165, 1.54) is 49.1 Å². The van der Waals surface area contributed by atoms with Crippen molar-refractivity contribution in [3.8, 4) is 0 Å². The molecule has 2 aliphatic rings. The van der Waals surface area contributed by atoms with Crippen molar-refractivity contribution in [2.75, 3.05) is 19.1 Å². The van der Waals surface area contributed by atoms with Crippen LogP contribution in [0.25, 0.3) is 0 Å². The van der Waals surface area contributed by atoms with E-state index in [1.54, 1.807) is 0 Å². The molecule has 0 aromatic heterocycles. The molecule has 138 valence electrons. The Labute approximate surface area is 148 Å². The molecule has 26 heavy (non-hydrogen) atoms. The number of hydrogen-bond acceptors (Lipinski definition) is 7. The van der Waals surface area contributed by atoms with Gasteiger partial charge in [0, 0.05) is 30.7 Å². The molecule has 1 unspecified atom stereocenters. The number of methoxy groups -OCH3 is 2. The van der Waals surface area contributed by atoms with Crippen molar-refractivity contribution in [2.24, 2.45) is 0 Å². The van der Waals surface area contributed by atoms with Gasteiger partial charge in [0.25, 0.3) is 5.69 Å². The number of nitro groups is 1. The van der Waals surface area contributed by atoms with Gasteiger partial charge in [-0.2, -0.15) is 0 Å². The zero-order chi connectivity index (χ0) is 19.2. The Morgan fingerprint density at radius 3 is 2.46 bits per heavy atom. The summed E-state index contributed by atoms with van der Waals surface area (Å²) in [5.74, 6) is -1.45. The molecule has 0 radical (unpaired) electrons. The maximum atomic E-state index is 12.3. The highest BCUT2D eigenvalue weighted by atomic mass is 16.6. The van der Waals surface area contributed by atoms with Crippen molar-refractivity contribution in [3.05, 3.63) is 33.9 Å². The maximum Gasteiger partial charge on any atom is 0.411 e. The molecule has 10 nitrogen and oxygen atoms in total. The highest BCUT2D eigenvalue weighted by molar-refractivity contribution is 5.97. The molecule has 2 heterocycles. The van der Waals surface area contributed by atoms with Crippen molar-refractivity contribution in [1.82, 2.24) is 4.90 Å². The van der Waals surface area contributed by atoms with E-state index in [9.17, 15) is 24.5 Å². The van der Waals surface area contributed by atoms with E-state index >= 15 is 0 Å². The maximum absolute atomic E-state index is 12.3. The first kappa shape index (κ1) is 17.6. The summed E-state index contributed by atoms with van der Waals surface area (Å²) in [5, 5.41) is 11.1. The van der Waals surface area contributed by atoms with Crippen LogP contribution in [0.15, 0.2) is 18.2 Å². The lowest BCUT2D eigenvalue weighted by molar-refractivity contribution is -0.384. The molecular weight excluding hydrogens is 346 g/mol. The number of anilines is 1. The number of amides is 2. The minimum absolute atomic E-state index is 0.126. The number of carbonyl (C=O) groups excluding carboxylic acids is 3. The van der Waals surface area contributed by atoms with Gasteiger partial charge in [-0.1, -0.05) is 0 Å². The molecule has 0 aliphatic carbocycles. The van der Waals surface area contributed by atoms with E-state index in [0.29, 0.717) is 11.3 Å². The molecule has 1 fully saturated rings. The molecule has 2 aliphatic heterocycles. The number of esters is 1. The molecule has 2 amide bonds. The highest BCUT2D eigenvalue weighted by Crippen LogP contribution is 2.51. The Morgan fingerprint density at radius 2 is 1.92 bits per heavy atom. The van der Waals surface area contributed by atoms with Crippen LogP contribution in [0, 0.1) is 10.1 Å². The molecule has 3 atom stereocenters. The number of fused-ring (bicyclic) bond motifs is 3. The number of likely N-dealkylation sites (tertiary alicyclic amines) is 1. The number of benzene rings is 1. The van der Waals surface area contributed by atoms with Crippen LogP contribution < -0.4 is 4.90 Å². The van der Waals surface area contributed by atoms with E-state index in [1.807, 2.05) is 0 Å². The lowest BCUT2D eigenvalue weighted by Gasteiger charge is -2.33. The summed E-state index contributed by atoms with van der Waals surface area (Å²) in [5.41, 5.74) is 0.897. The Kier molecular flexibility index (Phi) is 4.26. The largest absolute Gasteiger partial charge is 0.467 e. The van der Waals surface area contributed by atoms with Gasteiger partial charge in [-0.05, 0) is 18.1 Å². The summed E-state index contributed by atoms with van der Waals surface area (Å²) >= 11 is 0. The van der Waals surface area contributed by atoms with E-state index in [0.717, 1.165) is 0 Å². The summed E-state index contributed by atoms with van der Waals surface area (Å²) in [6.07, 6.45) is -1.41. The van der Waals surface area contributed by atoms with Gasteiger partial charge in [0.2, 0.25) is 5.91 Å². The molecule has 1 saturated heterocycles.